The summed E-state index contributed by atoms with van der Waals surface area (Å²) in [5, 5.41) is 2.47. The molecule has 1 aliphatic heterocycles. The van der Waals surface area contributed by atoms with Crippen LogP contribution in [0.3, 0.4) is 0 Å². The van der Waals surface area contributed by atoms with Gasteiger partial charge in [0.25, 0.3) is 5.91 Å². The van der Waals surface area contributed by atoms with Crippen molar-refractivity contribution < 1.29 is 23.0 Å². The summed E-state index contributed by atoms with van der Waals surface area (Å²) >= 11 is 1.39. The molecule has 1 amide bonds. The molecule has 0 unspecified atom stereocenters. The number of nitrogens with zero attached hydrogens (tertiary/aromatic N) is 2. The number of likely N-dealkylation sites (tertiary alicyclic amines) is 1. The number of rotatable bonds is 6. The molecule has 0 radical (unpaired) electrons. The van der Waals surface area contributed by atoms with Gasteiger partial charge in [-0.2, -0.15) is 0 Å². The highest BCUT2D eigenvalue weighted by atomic mass is 32.1. The van der Waals surface area contributed by atoms with Crippen LogP contribution >= 0.6 is 11.3 Å². The number of halogens is 2. The van der Waals surface area contributed by atoms with Gasteiger partial charge in [0, 0.05) is 30.1 Å². The number of carbonyl (C=O) groups is 1. The average molecular weight is 430 g/mol. The number of aromatic nitrogens is 1. The molecule has 3 aromatic rings. The van der Waals surface area contributed by atoms with Gasteiger partial charge in [-0.3, -0.25) is 4.79 Å². The van der Waals surface area contributed by atoms with Crippen molar-refractivity contribution in [1.29, 1.82) is 0 Å². The Bertz CT molecular complexity index is 1040. The molecule has 0 bridgehead atoms. The van der Waals surface area contributed by atoms with Crippen molar-refractivity contribution in [2.75, 3.05) is 20.2 Å². The molecular weight excluding hydrogens is 410 g/mol. The third-order valence-electron chi connectivity index (χ3n) is 4.84. The largest absolute Gasteiger partial charge is 0.493 e. The van der Waals surface area contributed by atoms with Gasteiger partial charge in [0.05, 0.1) is 7.11 Å². The van der Waals surface area contributed by atoms with Crippen LogP contribution in [0.1, 0.15) is 28.9 Å². The highest BCUT2D eigenvalue weighted by molar-refractivity contribution is 7.13. The average Bonchev–Trinajstić information content (AvgIpc) is 3.43. The van der Waals surface area contributed by atoms with Crippen LogP contribution in [-0.2, 0) is 6.61 Å². The van der Waals surface area contributed by atoms with E-state index in [0.717, 1.165) is 37.6 Å². The third kappa shape index (κ3) is 4.43. The summed E-state index contributed by atoms with van der Waals surface area (Å²) in [5.74, 6) is -0.440. The lowest BCUT2D eigenvalue weighted by Crippen LogP contribution is -2.27. The Labute approximate surface area is 176 Å². The van der Waals surface area contributed by atoms with Crippen LogP contribution in [0.25, 0.3) is 10.6 Å². The van der Waals surface area contributed by atoms with Gasteiger partial charge in [0.15, 0.2) is 11.5 Å². The smallest absolute Gasteiger partial charge is 0.273 e. The van der Waals surface area contributed by atoms with Crippen LogP contribution in [0.2, 0.25) is 0 Å². The Morgan fingerprint density at radius 2 is 1.83 bits per heavy atom. The quantitative estimate of drug-likeness (QED) is 0.558. The van der Waals surface area contributed by atoms with Crippen LogP contribution < -0.4 is 9.47 Å². The monoisotopic (exact) mass is 430 g/mol. The predicted molar refractivity (Wildman–Crippen MR) is 110 cm³/mol. The number of methoxy groups -OCH3 is 1. The van der Waals surface area contributed by atoms with Crippen LogP contribution in [-0.4, -0.2) is 36.0 Å². The van der Waals surface area contributed by atoms with Crippen molar-refractivity contribution in [1.82, 2.24) is 9.88 Å². The molecule has 1 aromatic heterocycles. The summed E-state index contributed by atoms with van der Waals surface area (Å²) in [6, 6.07) is 8.55. The topological polar surface area (TPSA) is 51.7 Å². The predicted octanol–water partition coefficient (Wildman–Crippen LogP) is 4.91. The first-order valence-corrected chi connectivity index (χ1v) is 10.4. The van der Waals surface area contributed by atoms with Gasteiger partial charge in [-0.05, 0) is 48.7 Å². The summed E-state index contributed by atoms with van der Waals surface area (Å²) in [6.45, 7) is 1.55. The lowest BCUT2D eigenvalue weighted by Gasteiger charge is -2.13. The Morgan fingerprint density at radius 3 is 2.53 bits per heavy atom. The van der Waals surface area contributed by atoms with Gasteiger partial charge < -0.3 is 14.4 Å². The second-order valence-electron chi connectivity index (χ2n) is 6.97. The molecule has 30 heavy (non-hydrogen) atoms. The summed E-state index contributed by atoms with van der Waals surface area (Å²) < 4.78 is 37.8. The zero-order chi connectivity index (χ0) is 21.1. The van der Waals surface area contributed by atoms with E-state index in [9.17, 15) is 13.6 Å². The van der Waals surface area contributed by atoms with Crippen molar-refractivity contribution in [2.45, 2.75) is 19.4 Å². The van der Waals surface area contributed by atoms with Gasteiger partial charge in [-0.15, -0.1) is 11.3 Å². The minimum Gasteiger partial charge on any atom is -0.493 e. The van der Waals surface area contributed by atoms with E-state index in [1.807, 2.05) is 11.0 Å². The number of amides is 1. The first-order chi connectivity index (χ1) is 14.5. The van der Waals surface area contributed by atoms with E-state index in [0.29, 0.717) is 27.8 Å². The minimum absolute atomic E-state index is 0.00385. The van der Waals surface area contributed by atoms with Gasteiger partial charge in [0.2, 0.25) is 0 Å². The van der Waals surface area contributed by atoms with E-state index in [1.54, 1.807) is 17.5 Å². The number of thiazole rings is 1. The van der Waals surface area contributed by atoms with Crippen LogP contribution in [0.4, 0.5) is 8.78 Å². The van der Waals surface area contributed by atoms with Crippen LogP contribution in [0.15, 0.2) is 41.8 Å². The molecule has 2 aromatic carbocycles. The molecular formula is C22H20F2N2O3S. The van der Waals surface area contributed by atoms with Crippen molar-refractivity contribution in [3.05, 3.63) is 64.7 Å². The van der Waals surface area contributed by atoms with Gasteiger partial charge >= 0.3 is 0 Å². The Balaban J connectivity index is 1.50. The fourth-order valence-corrected chi connectivity index (χ4v) is 4.15. The maximum Gasteiger partial charge on any atom is 0.273 e. The number of ether oxygens (including phenoxy) is 2. The van der Waals surface area contributed by atoms with Crippen LogP contribution in [0.5, 0.6) is 11.5 Å². The number of hydrogen-bond acceptors (Lipinski definition) is 5. The zero-order valence-corrected chi connectivity index (χ0v) is 17.2. The summed E-state index contributed by atoms with van der Waals surface area (Å²) in [4.78, 5) is 18.8. The summed E-state index contributed by atoms with van der Waals surface area (Å²) in [5.41, 5.74) is 1.62. The first kappa shape index (κ1) is 20.3. The lowest BCUT2D eigenvalue weighted by atomic mass is 10.2. The van der Waals surface area contributed by atoms with Crippen LogP contribution in [0, 0.1) is 11.6 Å². The minimum atomic E-state index is -0.654. The van der Waals surface area contributed by atoms with E-state index in [2.05, 4.69) is 4.98 Å². The fourth-order valence-electron chi connectivity index (χ4n) is 3.36. The second kappa shape index (κ2) is 8.79. The highest BCUT2D eigenvalue weighted by Crippen LogP contribution is 2.34. The summed E-state index contributed by atoms with van der Waals surface area (Å²) in [7, 11) is 1.51. The molecule has 1 aliphatic rings. The molecule has 5 nitrogen and oxygen atoms in total. The molecule has 0 aliphatic carbocycles. The Kier molecular flexibility index (Phi) is 5.94. The molecule has 156 valence electrons. The Hall–Kier alpha value is -3.00. The van der Waals surface area contributed by atoms with Crippen molar-refractivity contribution in [2.24, 2.45) is 0 Å². The molecule has 0 N–H and O–H groups in total. The third-order valence-corrected chi connectivity index (χ3v) is 5.74. The molecule has 2 heterocycles. The standard InChI is InChI=1S/C22H20F2N2O3S/c1-28-20-10-15(21-25-18(13-30-21)22(27)26-6-2-3-7-26)4-5-19(20)29-12-14-8-16(23)11-17(24)9-14/h4-5,8-11,13H,2-3,6-7,12H2,1H3. The SMILES string of the molecule is COc1cc(-c2nc(C(=O)N3CCCC3)cs2)ccc1OCc1cc(F)cc(F)c1. The highest BCUT2D eigenvalue weighted by Gasteiger charge is 2.22. The van der Waals surface area contributed by atoms with Crippen molar-refractivity contribution >= 4 is 17.2 Å². The van der Waals surface area contributed by atoms with E-state index in [4.69, 9.17) is 9.47 Å². The van der Waals surface area contributed by atoms with Crippen molar-refractivity contribution in [3.63, 3.8) is 0 Å². The molecule has 1 fully saturated rings. The lowest BCUT2D eigenvalue weighted by molar-refractivity contribution is 0.0788. The van der Waals surface area contributed by atoms with E-state index in [-0.39, 0.29) is 12.5 Å². The number of hydrogen-bond donors (Lipinski definition) is 0. The first-order valence-electron chi connectivity index (χ1n) is 9.54. The molecule has 0 saturated carbocycles. The molecule has 8 heteroatoms. The van der Waals surface area contributed by atoms with E-state index >= 15 is 0 Å². The molecule has 0 spiro atoms. The summed E-state index contributed by atoms with van der Waals surface area (Å²) in [6.07, 6.45) is 2.06. The molecule has 4 rings (SSSR count). The maximum atomic E-state index is 13.3. The Morgan fingerprint density at radius 1 is 1.10 bits per heavy atom. The molecule has 1 saturated heterocycles. The second-order valence-corrected chi connectivity index (χ2v) is 7.83. The normalized spacial score (nSPS) is 13.5. The van der Waals surface area contributed by atoms with Gasteiger partial charge in [-0.25, -0.2) is 13.8 Å². The van der Waals surface area contributed by atoms with Crippen molar-refractivity contribution in [3.8, 4) is 22.1 Å². The van der Waals surface area contributed by atoms with E-state index in [1.165, 1.54) is 30.6 Å². The zero-order valence-electron chi connectivity index (χ0n) is 16.4. The molecule has 0 atom stereocenters. The number of benzene rings is 2. The maximum absolute atomic E-state index is 13.3. The van der Waals surface area contributed by atoms with Gasteiger partial charge in [0.1, 0.15) is 28.9 Å². The fraction of sp³-hybridized carbons (Fsp3) is 0.273. The van der Waals surface area contributed by atoms with E-state index < -0.39 is 11.6 Å². The van der Waals surface area contributed by atoms with Gasteiger partial charge in [-0.1, -0.05) is 0 Å². The number of carbonyl (C=O) groups excluding carboxylic acids is 1.